The lowest BCUT2D eigenvalue weighted by Gasteiger charge is -1.78. The second-order valence-electron chi connectivity index (χ2n) is 1.79. The van der Waals surface area contributed by atoms with E-state index in [9.17, 15) is 0 Å². The van der Waals surface area contributed by atoms with Crippen molar-refractivity contribution >= 4 is 15.9 Å². The molecule has 0 spiro atoms. The van der Waals surface area contributed by atoms with Crippen molar-refractivity contribution in [1.82, 2.24) is 4.98 Å². The van der Waals surface area contributed by atoms with Gasteiger partial charge in [0, 0.05) is 24.3 Å². The van der Waals surface area contributed by atoms with Gasteiger partial charge in [0.2, 0.25) is 0 Å². The number of aliphatic hydroxyl groups is 1. The summed E-state index contributed by atoms with van der Waals surface area (Å²) in [4.78, 5) is 3.78. The van der Waals surface area contributed by atoms with Crippen LogP contribution in [-0.4, -0.2) is 22.0 Å². The Morgan fingerprint density at radius 2 is 1.82 bits per heavy atom. The van der Waals surface area contributed by atoms with Crippen molar-refractivity contribution in [3.63, 3.8) is 0 Å². The van der Waals surface area contributed by atoms with Crippen molar-refractivity contribution < 1.29 is 5.11 Å². The Balaban J connectivity index is 0.000000187. The molecule has 0 saturated heterocycles. The molecule has 1 N–H and O–H groups in total. The van der Waals surface area contributed by atoms with E-state index in [1.807, 2.05) is 18.2 Å². The SMILES string of the molecule is OCCCBr.c1ccncc1. The van der Waals surface area contributed by atoms with E-state index >= 15 is 0 Å². The Labute approximate surface area is 75.4 Å². The van der Waals surface area contributed by atoms with Gasteiger partial charge in [0.25, 0.3) is 0 Å². The van der Waals surface area contributed by atoms with Gasteiger partial charge in [0.1, 0.15) is 0 Å². The number of rotatable bonds is 2. The topological polar surface area (TPSA) is 33.1 Å². The van der Waals surface area contributed by atoms with Gasteiger partial charge in [0.15, 0.2) is 0 Å². The van der Waals surface area contributed by atoms with Crippen LogP contribution in [0.2, 0.25) is 0 Å². The largest absolute Gasteiger partial charge is 0.396 e. The van der Waals surface area contributed by atoms with Gasteiger partial charge in [-0.2, -0.15) is 0 Å². The molecule has 0 aliphatic carbocycles. The summed E-state index contributed by atoms with van der Waals surface area (Å²) < 4.78 is 0. The van der Waals surface area contributed by atoms with E-state index in [1.54, 1.807) is 12.4 Å². The highest BCUT2D eigenvalue weighted by molar-refractivity contribution is 9.09. The summed E-state index contributed by atoms with van der Waals surface area (Å²) in [5.74, 6) is 0. The molecule has 0 saturated carbocycles. The minimum atomic E-state index is 0.297. The van der Waals surface area contributed by atoms with Gasteiger partial charge in [-0.3, -0.25) is 4.98 Å². The quantitative estimate of drug-likeness (QED) is 0.768. The Hall–Kier alpha value is -0.410. The molecule has 1 heterocycles. The summed E-state index contributed by atoms with van der Waals surface area (Å²) in [6.07, 6.45) is 4.36. The van der Waals surface area contributed by atoms with Crippen LogP contribution in [-0.2, 0) is 0 Å². The fourth-order valence-electron chi connectivity index (χ4n) is 0.372. The first kappa shape index (κ1) is 10.6. The predicted octanol–water partition coefficient (Wildman–Crippen LogP) is 1.85. The lowest BCUT2D eigenvalue weighted by molar-refractivity contribution is 0.296. The molecule has 0 fully saturated rings. The van der Waals surface area contributed by atoms with Crippen LogP contribution in [0.3, 0.4) is 0 Å². The molecule has 0 atom stereocenters. The van der Waals surface area contributed by atoms with Crippen molar-refractivity contribution in [2.45, 2.75) is 6.42 Å². The molecule has 62 valence electrons. The molecule has 1 aromatic heterocycles. The molecule has 0 aliphatic heterocycles. The smallest absolute Gasteiger partial charge is 0.0438 e. The van der Waals surface area contributed by atoms with E-state index in [4.69, 9.17) is 5.11 Å². The predicted molar refractivity (Wildman–Crippen MR) is 49.7 cm³/mol. The van der Waals surface area contributed by atoms with Crippen LogP contribution in [0.4, 0.5) is 0 Å². The molecule has 0 radical (unpaired) electrons. The molecule has 0 unspecified atom stereocenters. The van der Waals surface area contributed by atoms with E-state index in [0.717, 1.165) is 11.8 Å². The minimum absolute atomic E-state index is 0.297. The second-order valence-corrected chi connectivity index (χ2v) is 2.58. The van der Waals surface area contributed by atoms with Crippen LogP contribution < -0.4 is 0 Å². The van der Waals surface area contributed by atoms with E-state index in [-0.39, 0.29) is 0 Å². The van der Waals surface area contributed by atoms with Gasteiger partial charge in [-0.25, -0.2) is 0 Å². The number of halogens is 1. The number of nitrogens with zero attached hydrogens (tertiary/aromatic N) is 1. The average Bonchev–Trinajstić information content (AvgIpc) is 2.10. The fraction of sp³-hybridized carbons (Fsp3) is 0.375. The van der Waals surface area contributed by atoms with Crippen LogP contribution in [0.1, 0.15) is 6.42 Å². The molecule has 0 aromatic carbocycles. The summed E-state index contributed by atoms with van der Waals surface area (Å²) in [5.41, 5.74) is 0. The minimum Gasteiger partial charge on any atom is -0.396 e. The molecule has 1 aromatic rings. The first-order valence-electron chi connectivity index (χ1n) is 3.43. The highest BCUT2D eigenvalue weighted by Gasteiger charge is 1.70. The summed E-state index contributed by atoms with van der Waals surface area (Å²) >= 11 is 3.15. The van der Waals surface area contributed by atoms with E-state index < -0.39 is 0 Å². The third kappa shape index (κ3) is 9.59. The van der Waals surface area contributed by atoms with Gasteiger partial charge >= 0.3 is 0 Å². The number of aromatic nitrogens is 1. The van der Waals surface area contributed by atoms with Crippen LogP contribution in [0, 0.1) is 0 Å². The third-order valence-corrected chi connectivity index (χ3v) is 1.42. The fourth-order valence-corrected chi connectivity index (χ4v) is 0.623. The van der Waals surface area contributed by atoms with Gasteiger partial charge in [0.05, 0.1) is 0 Å². The number of aliphatic hydroxyl groups excluding tert-OH is 1. The van der Waals surface area contributed by atoms with Gasteiger partial charge in [-0.1, -0.05) is 22.0 Å². The zero-order chi connectivity index (χ0) is 8.36. The average molecular weight is 218 g/mol. The zero-order valence-electron chi connectivity index (χ0n) is 6.28. The van der Waals surface area contributed by atoms with Crippen LogP contribution in [0.15, 0.2) is 30.6 Å². The highest BCUT2D eigenvalue weighted by atomic mass is 79.9. The monoisotopic (exact) mass is 217 g/mol. The molecule has 0 amide bonds. The van der Waals surface area contributed by atoms with Crippen molar-refractivity contribution in [3.8, 4) is 0 Å². The Bertz CT molecular complexity index is 117. The number of alkyl halides is 1. The summed E-state index contributed by atoms with van der Waals surface area (Å²) in [5, 5.41) is 8.94. The lowest BCUT2D eigenvalue weighted by atomic mass is 10.5. The molecule has 3 heteroatoms. The Morgan fingerprint density at radius 1 is 1.18 bits per heavy atom. The molecule has 0 bridgehead atoms. The summed E-state index contributed by atoms with van der Waals surface area (Å²) in [7, 11) is 0. The first-order valence-corrected chi connectivity index (χ1v) is 4.55. The Morgan fingerprint density at radius 3 is 1.91 bits per heavy atom. The number of hydrogen-bond donors (Lipinski definition) is 1. The lowest BCUT2D eigenvalue weighted by Crippen LogP contribution is -1.78. The van der Waals surface area contributed by atoms with Crippen LogP contribution >= 0.6 is 15.9 Å². The third-order valence-electron chi connectivity index (χ3n) is 0.858. The van der Waals surface area contributed by atoms with Crippen molar-refractivity contribution in [3.05, 3.63) is 30.6 Å². The van der Waals surface area contributed by atoms with Crippen molar-refractivity contribution in [1.29, 1.82) is 0 Å². The van der Waals surface area contributed by atoms with E-state index in [0.29, 0.717) is 6.61 Å². The van der Waals surface area contributed by atoms with Crippen molar-refractivity contribution in [2.75, 3.05) is 11.9 Å². The van der Waals surface area contributed by atoms with Crippen LogP contribution in [0.25, 0.3) is 0 Å². The summed E-state index contributed by atoms with van der Waals surface area (Å²) in [6, 6.07) is 5.72. The molecular weight excluding hydrogens is 206 g/mol. The molecule has 2 nitrogen and oxygen atoms in total. The summed E-state index contributed by atoms with van der Waals surface area (Å²) in [6.45, 7) is 0.297. The maximum absolute atomic E-state index is 8.04. The van der Waals surface area contributed by atoms with E-state index in [1.165, 1.54) is 0 Å². The molecule has 1 rings (SSSR count). The van der Waals surface area contributed by atoms with Gasteiger partial charge < -0.3 is 5.11 Å². The van der Waals surface area contributed by atoms with Gasteiger partial charge in [-0.15, -0.1) is 0 Å². The van der Waals surface area contributed by atoms with Crippen molar-refractivity contribution in [2.24, 2.45) is 0 Å². The normalized spacial score (nSPS) is 8.18. The maximum Gasteiger partial charge on any atom is 0.0438 e. The highest BCUT2D eigenvalue weighted by Crippen LogP contribution is 1.81. The molecular formula is C8H12BrNO. The standard InChI is InChI=1S/C5H5N.C3H7BrO/c1-2-4-6-5-3-1;4-2-1-3-5/h1-5H;5H,1-3H2. The molecule has 0 aliphatic rings. The number of pyridine rings is 1. The second kappa shape index (κ2) is 9.59. The molecule has 11 heavy (non-hydrogen) atoms. The maximum atomic E-state index is 8.04. The van der Waals surface area contributed by atoms with Gasteiger partial charge in [-0.05, 0) is 18.6 Å². The van der Waals surface area contributed by atoms with E-state index in [2.05, 4.69) is 20.9 Å². The zero-order valence-corrected chi connectivity index (χ0v) is 7.87. The Kier molecular flexibility index (Phi) is 9.23. The van der Waals surface area contributed by atoms with Crippen LogP contribution in [0.5, 0.6) is 0 Å². The first-order chi connectivity index (χ1) is 5.41. The number of hydrogen-bond acceptors (Lipinski definition) is 2.